The predicted molar refractivity (Wildman–Crippen MR) is 117 cm³/mol. The van der Waals surface area contributed by atoms with Crippen molar-refractivity contribution in [3.63, 3.8) is 0 Å². The molecule has 0 spiro atoms. The zero-order valence-corrected chi connectivity index (χ0v) is 19.3. The topological polar surface area (TPSA) is 114 Å². The van der Waals surface area contributed by atoms with Crippen LogP contribution in [0.2, 0.25) is 0 Å². The summed E-state index contributed by atoms with van der Waals surface area (Å²) >= 11 is 0. The van der Waals surface area contributed by atoms with Crippen molar-refractivity contribution in [1.82, 2.24) is 0 Å². The summed E-state index contributed by atoms with van der Waals surface area (Å²) in [6.07, 6.45) is -4.64. The molecular weight excluding hydrogens is 452 g/mol. The van der Waals surface area contributed by atoms with Crippen molar-refractivity contribution in [1.29, 1.82) is 0 Å². The van der Waals surface area contributed by atoms with E-state index in [2.05, 4.69) is 0 Å². The van der Waals surface area contributed by atoms with Gasteiger partial charge in [-0.25, -0.2) is 9.59 Å². The zero-order valence-electron chi connectivity index (χ0n) is 18.4. The van der Waals surface area contributed by atoms with Crippen molar-refractivity contribution in [2.75, 3.05) is 13.4 Å². The maximum absolute atomic E-state index is 12.9. The highest BCUT2D eigenvalue weighted by molar-refractivity contribution is 7.86. The molecule has 1 aliphatic rings. The van der Waals surface area contributed by atoms with Crippen molar-refractivity contribution < 1.29 is 41.1 Å². The van der Waals surface area contributed by atoms with Crippen LogP contribution in [0.5, 0.6) is 0 Å². The molecule has 0 amide bonds. The highest BCUT2D eigenvalue weighted by Gasteiger charge is 2.52. The molecule has 0 saturated carbocycles. The van der Waals surface area contributed by atoms with Gasteiger partial charge in [0.25, 0.3) is 10.1 Å². The molecule has 9 nitrogen and oxygen atoms in total. The number of esters is 2. The standard InChI is InChI=1S/C23H26O9S/c1-4-17-18(32-33(3,26)27)19(30-21(24)15-11-7-5-8-12-15)20(23(28-2)29-17)31-22(25)16-13-9-6-10-14-16/h5-14,17-20,23H,4H2,1-3H3/t17-,18+,19+,20-,23+/m1/s1. The molecule has 178 valence electrons. The zero-order chi connectivity index (χ0) is 24.0. The summed E-state index contributed by atoms with van der Waals surface area (Å²) in [6, 6.07) is 16.3. The second kappa shape index (κ2) is 10.9. The fourth-order valence-corrected chi connectivity index (χ4v) is 4.14. The van der Waals surface area contributed by atoms with Crippen LogP contribution in [0.3, 0.4) is 0 Å². The van der Waals surface area contributed by atoms with Crippen LogP contribution < -0.4 is 0 Å². The summed E-state index contributed by atoms with van der Waals surface area (Å²) in [5, 5.41) is 0. The molecule has 1 saturated heterocycles. The quantitative estimate of drug-likeness (QED) is 0.417. The van der Waals surface area contributed by atoms with Crippen LogP contribution >= 0.6 is 0 Å². The molecule has 0 bridgehead atoms. The summed E-state index contributed by atoms with van der Waals surface area (Å²) in [6.45, 7) is 1.75. The predicted octanol–water partition coefficient (Wildman–Crippen LogP) is 2.56. The van der Waals surface area contributed by atoms with Gasteiger partial charge < -0.3 is 18.9 Å². The molecule has 0 aromatic heterocycles. The summed E-state index contributed by atoms with van der Waals surface area (Å²) < 4.78 is 51.8. The first-order valence-electron chi connectivity index (χ1n) is 10.3. The fraction of sp³-hybridized carbons (Fsp3) is 0.391. The van der Waals surface area contributed by atoms with E-state index in [1.807, 2.05) is 0 Å². The van der Waals surface area contributed by atoms with E-state index in [1.165, 1.54) is 7.11 Å². The maximum Gasteiger partial charge on any atom is 0.338 e. The largest absolute Gasteiger partial charge is 0.452 e. The van der Waals surface area contributed by atoms with Crippen LogP contribution in [0, 0.1) is 0 Å². The molecular formula is C23H26O9S. The Bertz CT molecular complexity index is 1040. The van der Waals surface area contributed by atoms with Gasteiger partial charge in [0.1, 0.15) is 6.10 Å². The van der Waals surface area contributed by atoms with Crippen molar-refractivity contribution in [2.24, 2.45) is 0 Å². The van der Waals surface area contributed by atoms with Crippen LogP contribution in [0.1, 0.15) is 34.1 Å². The third-order valence-electron chi connectivity index (χ3n) is 5.02. The van der Waals surface area contributed by atoms with E-state index in [-0.39, 0.29) is 11.1 Å². The van der Waals surface area contributed by atoms with Crippen LogP contribution in [0.4, 0.5) is 0 Å². The van der Waals surface area contributed by atoms with Gasteiger partial charge >= 0.3 is 11.9 Å². The molecule has 5 atom stereocenters. The molecule has 1 fully saturated rings. The lowest BCUT2D eigenvalue weighted by Crippen LogP contribution is -2.61. The molecule has 10 heteroatoms. The Balaban J connectivity index is 1.98. The summed E-state index contributed by atoms with van der Waals surface area (Å²) in [5.74, 6) is -1.46. The van der Waals surface area contributed by atoms with Crippen LogP contribution in [-0.4, -0.2) is 64.4 Å². The molecule has 33 heavy (non-hydrogen) atoms. The Kier molecular flexibility index (Phi) is 8.20. The minimum Gasteiger partial charge on any atom is -0.452 e. The molecule has 1 aliphatic heterocycles. The Hall–Kier alpha value is -2.79. The van der Waals surface area contributed by atoms with Gasteiger partial charge in [0, 0.05) is 7.11 Å². The van der Waals surface area contributed by atoms with Crippen LogP contribution in [0.25, 0.3) is 0 Å². The minimum atomic E-state index is -3.98. The summed E-state index contributed by atoms with van der Waals surface area (Å²) in [5.41, 5.74) is 0.482. The number of carbonyl (C=O) groups excluding carboxylic acids is 2. The monoisotopic (exact) mass is 478 g/mol. The lowest BCUT2D eigenvalue weighted by Gasteiger charge is -2.43. The van der Waals surface area contributed by atoms with Crippen LogP contribution in [0.15, 0.2) is 60.7 Å². The van der Waals surface area contributed by atoms with E-state index < -0.39 is 52.8 Å². The van der Waals surface area contributed by atoms with Crippen molar-refractivity contribution >= 4 is 22.1 Å². The molecule has 2 aromatic rings. The van der Waals surface area contributed by atoms with Gasteiger partial charge in [0.05, 0.1) is 23.5 Å². The van der Waals surface area contributed by atoms with Crippen molar-refractivity contribution in [3.05, 3.63) is 71.8 Å². The molecule has 0 unspecified atom stereocenters. The first-order valence-corrected chi connectivity index (χ1v) is 12.1. The lowest BCUT2D eigenvalue weighted by molar-refractivity contribution is -0.283. The number of hydrogen-bond donors (Lipinski definition) is 0. The Morgan fingerprint density at radius 1 is 0.848 bits per heavy atom. The molecule has 0 radical (unpaired) electrons. The number of hydrogen-bond acceptors (Lipinski definition) is 9. The second-order valence-corrected chi connectivity index (χ2v) is 9.02. The van der Waals surface area contributed by atoms with E-state index >= 15 is 0 Å². The van der Waals surface area contributed by atoms with Crippen molar-refractivity contribution in [2.45, 2.75) is 44.1 Å². The SMILES string of the molecule is CC[C@H]1O[C@H](OC)[C@H](OC(=O)c2ccccc2)[C@@H](OC(=O)c2ccccc2)[C@H]1OS(C)(=O)=O. The Morgan fingerprint density at radius 3 is 1.76 bits per heavy atom. The van der Waals surface area contributed by atoms with Gasteiger partial charge in [0.15, 0.2) is 18.5 Å². The normalized spacial score (nSPS) is 25.2. The molecule has 0 aliphatic carbocycles. The number of ether oxygens (including phenoxy) is 4. The number of carbonyl (C=O) groups is 2. The van der Waals surface area contributed by atoms with E-state index in [4.69, 9.17) is 23.1 Å². The van der Waals surface area contributed by atoms with Gasteiger partial charge in [-0.3, -0.25) is 4.18 Å². The first-order chi connectivity index (χ1) is 15.7. The van der Waals surface area contributed by atoms with E-state index in [0.29, 0.717) is 6.42 Å². The smallest absolute Gasteiger partial charge is 0.338 e. The van der Waals surface area contributed by atoms with Gasteiger partial charge in [-0.2, -0.15) is 8.42 Å². The average molecular weight is 479 g/mol. The average Bonchev–Trinajstić information content (AvgIpc) is 2.81. The molecule has 3 rings (SSSR count). The van der Waals surface area contributed by atoms with Gasteiger partial charge in [-0.1, -0.05) is 43.3 Å². The summed E-state index contributed by atoms with van der Waals surface area (Å²) in [7, 11) is -2.64. The fourth-order valence-electron chi connectivity index (χ4n) is 3.51. The molecule has 2 aromatic carbocycles. The summed E-state index contributed by atoms with van der Waals surface area (Å²) in [4.78, 5) is 25.7. The Labute approximate surface area is 192 Å². The highest BCUT2D eigenvalue weighted by Crippen LogP contribution is 2.32. The van der Waals surface area contributed by atoms with Crippen LogP contribution in [-0.2, 0) is 33.2 Å². The van der Waals surface area contributed by atoms with Gasteiger partial charge in [-0.05, 0) is 30.7 Å². The maximum atomic E-state index is 12.9. The number of rotatable bonds is 8. The molecule has 1 heterocycles. The van der Waals surface area contributed by atoms with E-state index in [9.17, 15) is 18.0 Å². The Morgan fingerprint density at radius 2 is 1.33 bits per heavy atom. The van der Waals surface area contributed by atoms with Gasteiger partial charge in [-0.15, -0.1) is 0 Å². The first kappa shape index (κ1) is 24.8. The van der Waals surface area contributed by atoms with Gasteiger partial charge in [0.2, 0.25) is 0 Å². The van der Waals surface area contributed by atoms with E-state index in [0.717, 1.165) is 6.26 Å². The van der Waals surface area contributed by atoms with E-state index in [1.54, 1.807) is 67.6 Å². The number of methoxy groups -OCH3 is 1. The second-order valence-electron chi connectivity index (χ2n) is 7.42. The third kappa shape index (κ3) is 6.38. The third-order valence-corrected chi connectivity index (χ3v) is 5.59. The lowest BCUT2D eigenvalue weighted by atomic mass is 9.96. The molecule has 0 N–H and O–H groups in total. The highest BCUT2D eigenvalue weighted by atomic mass is 32.2. The van der Waals surface area contributed by atoms with Crippen molar-refractivity contribution in [3.8, 4) is 0 Å². The number of benzene rings is 2. The minimum absolute atomic E-state index is 0.234.